The van der Waals surface area contributed by atoms with Crippen LogP contribution in [0.3, 0.4) is 0 Å². The first-order chi connectivity index (χ1) is 4.74. The van der Waals surface area contributed by atoms with Crippen molar-refractivity contribution in [2.24, 2.45) is 0 Å². The molecule has 0 spiro atoms. The Morgan fingerprint density at radius 3 is 3.00 bits per heavy atom. The number of hydrogen-bond donors (Lipinski definition) is 3. The van der Waals surface area contributed by atoms with Crippen LogP contribution in [0.25, 0.3) is 0 Å². The van der Waals surface area contributed by atoms with E-state index in [1.165, 1.54) is 6.20 Å². The average Bonchev–Trinajstić information content (AvgIpc) is 1.88. The zero-order valence-electron chi connectivity index (χ0n) is 5.10. The lowest BCUT2D eigenvalue weighted by molar-refractivity contribution is -0.118. The van der Waals surface area contributed by atoms with E-state index in [9.17, 15) is 4.79 Å². The Labute approximate surface area is 62.9 Å². The van der Waals surface area contributed by atoms with Gasteiger partial charge in [0.05, 0.1) is 12.2 Å². The Morgan fingerprint density at radius 2 is 2.50 bits per heavy atom. The fourth-order valence-corrected chi connectivity index (χ4v) is 0.768. The molecule has 0 aliphatic carbocycles. The van der Waals surface area contributed by atoms with E-state index in [1.807, 2.05) is 0 Å². The lowest BCUT2D eigenvalue weighted by Crippen LogP contribution is -2.44. The van der Waals surface area contributed by atoms with E-state index in [2.05, 4.69) is 10.6 Å². The Kier molecular flexibility index (Phi) is 2.13. The smallest absolute Gasteiger partial charge is 0.253 e. The van der Waals surface area contributed by atoms with Crippen molar-refractivity contribution in [1.82, 2.24) is 10.6 Å². The number of aliphatic hydroxyl groups is 1. The topological polar surface area (TPSA) is 61.4 Å². The summed E-state index contributed by atoms with van der Waals surface area (Å²) in [5.41, 5.74) is -0.278. The second-order valence-corrected chi connectivity index (χ2v) is 2.27. The summed E-state index contributed by atoms with van der Waals surface area (Å²) in [6.45, 7) is -0.275. The van der Waals surface area contributed by atoms with E-state index in [0.717, 1.165) is 0 Å². The van der Waals surface area contributed by atoms with Gasteiger partial charge in [0.1, 0.15) is 0 Å². The maximum Gasteiger partial charge on any atom is 0.253 e. The summed E-state index contributed by atoms with van der Waals surface area (Å²) in [7, 11) is 0. The number of alkyl halides is 1. The molecule has 1 aliphatic heterocycles. The number of amides is 1. The molecular formula is C5H7ClN2O2. The quantitative estimate of drug-likeness (QED) is 0.346. The van der Waals surface area contributed by atoms with Gasteiger partial charge in [0, 0.05) is 6.20 Å². The molecule has 1 amide bonds. The second kappa shape index (κ2) is 2.90. The van der Waals surface area contributed by atoms with Gasteiger partial charge in [0.15, 0.2) is 5.62 Å². The Hall–Kier alpha value is -0.740. The minimum Gasteiger partial charge on any atom is -0.391 e. The maximum absolute atomic E-state index is 10.8. The summed E-state index contributed by atoms with van der Waals surface area (Å²) in [6, 6.07) is 0. The van der Waals surface area contributed by atoms with Gasteiger partial charge in [-0.3, -0.25) is 4.79 Å². The monoisotopic (exact) mass is 162 g/mol. The van der Waals surface area contributed by atoms with Gasteiger partial charge in [0.2, 0.25) is 0 Å². The molecule has 0 saturated heterocycles. The predicted molar refractivity (Wildman–Crippen MR) is 36.1 cm³/mol. The number of aliphatic hydroxyl groups excluding tert-OH is 1. The molecular weight excluding hydrogens is 156 g/mol. The standard InChI is InChI=1S/C5H7ClN2O2/c6-5-7-1-3(2-9)4(10)8-5/h1,5,7,9H,2H2,(H,8,10). The minimum atomic E-state index is -0.567. The van der Waals surface area contributed by atoms with Crippen LogP contribution in [0.2, 0.25) is 0 Å². The van der Waals surface area contributed by atoms with Crippen LogP contribution in [0.5, 0.6) is 0 Å². The third kappa shape index (κ3) is 1.40. The van der Waals surface area contributed by atoms with Crippen molar-refractivity contribution in [3.63, 3.8) is 0 Å². The zero-order valence-corrected chi connectivity index (χ0v) is 5.85. The maximum atomic E-state index is 10.8. The molecule has 4 nitrogen and oxygen atoms in total. The predicted octanol–water partition coefficient (Wildman–Crippen LogP) is -0.896. The van der Waals surface area contributed by atoms with Gasteiger partial charge in [-0.1, -0.05) is 11.6 Å². The fraction of sp³-hybridized carbons (Fsp3) is 0.400. The van der Waals surface area contributed by atoms with Gasteiger partial charge in [-0.05, 0) is 0 Å². The van der Waals surface area contributed by atoms with Crippen LogP contribution >= 0.6 is 11.6 Å². The summed E-state index contributed by atoms with van der Waals surface area (Å²) >= 11 is 5.46. The molecule has 1 unspecified atom stereocenters. The molecule has 0 bridgehead atoms. The number of carbonyl (C=O) groups is 1. The molecule has 1 rings (SSSR count). The van der Waals surface area contributed by atoms with E-state index in [0.29, 0.717) is 0 Å². The van der Waals surface area contributed by atoms with Crippen LogP contribution < -0.4 is 10.6 Å². The largest absolute Gasteiger partial charge is 0.391 e. The molecule has 1 aliphatic rings. The molecule has 1 heterocycles. The number of nitrogens with one attached hydrogen (secondary N) is 2. The van der Waals surface area contributed by atoms with Crippen LogP contribution in [0.1, 0.15) is 0 Å². The molecule has 10 heavy (non-hydrogen) atoms. The first-order valence-electron chi connectivity index (χ1n) is 2.75. The van der Waals surface area contributed by atoms with E-state index in [1.54, 1.807) is 0 Å². The Balaban J connectivity index is 2.66. The lowest BCUT2D eigenvalue weighted by Gasteiger charge is -2.18. The lowest BCUT2D eigenvalue weighted by atomic mass is 10.2. The van der Waals surface area contributed by atoms with Crippen molar-refractivity contribution in [2.45, 2.75) is 5.62 Å². The van der Waals surface area contributed by atoms with E-state index in [4.69, 9.17) is 16.7 Å². The summed E-state index contributed by atoms with van der Waals surface area (Å²) in [5, 5.41) is 13.5. The van der Waals surface area contributed by atoms with Gasteiger partial charge in [-0.25, -0.2) is 0 Å². The van der Waals surface area contributed by atoms with Crippen molar-refractivity contribution in [3.05, 3.63) is 11.8 Å². The van der Waals surface area contributed by atoms with Crippen molar-refractivity contribution >= 4 is 17.5 Å². The zero-order chi connectivity index (χ0) is 7.56. The van der Waals surface area contributed by atoms with Crippen LogP contribution in [-0.2, 0) is 4.79 Å². The number of hydrogen-bond acceptors (Lipinski definition) is 3. The highest BCUT2D eigenvalue weighted by atomic mass is 35.5. The van der Waals surface area contributed by atoms with E-state index >= 15 is 0 Å². The van der Waals surface area contributed by atoms with Crippen molar-refractivity contribution in [1.29, 1.82) is 0 Å². The Morgan fingerprint density at radius 1 is 1.80 bits per heavy atom. The number of halogens is 1. The summed E-state index contributed by atoms with van der Waals surface area (Å²) in [4.78, 5) is 10.8. The van der Waals surface area contributed by atoms with Crippen LogP contribution in [0, 0.1) is 0 Å². The molecule has 0 saturated carbocycles. The molecule has 1 atom stereocenters. The highest BCUT2D eigenvalue weighted by molar-refractivity contribution is 6.22. The van der Waals surface area contributed by atoms with Gasteiger partial charge < -0.3 is 15.7 Å². The van der Waals surface area contributed by atoms with Gasteiger partial charge >= 0.3 is 0 Å². The van der Waals surface area contributed by atoms with Crippen molar-refractivity contribution in [2.75, 3.05) is 6.61 Å². The minimum absolute atomic E-state index is 0.275. The normalized spacial score (nSPS) is 24.8. The number of carbonyl (C=O) groups excluding carboxylic acids is 1. The van der Waals surface area contributed by atoms with Gasteiger partial charge in [-0.15, -0.1) is 0 Å². The first-order valence-corrected chi connectivity index (χ1v) is 3.18. The van der Waals surface area contributed by atoms with Crippen molar-refractivity contribution < 1.29 is 9.90 Å². The SMILES string of the molecule is O=C1NC(Cl)NC=C1CO. The Bertz CT molecular complexity index is 180. The van der Waals surface area contributed by atoms with Gasteiger partial charge in [-0.2, -0.15) is 0 Å². The molecule has 56 valence electrons. The molecule has 0 fully saturated rings. The summed E-state index contributed by atoms with van der Waals surface area (Å²) in [6.07, 6.45) is 1.40. The second-order valence-electron chi connectivity index (χ2n) is 1.83. The summed E-state index contributed by atoms with van der Waals surface area (Å²) in [5.74, 6) is -0.332. The van der Waals surface area contributed by atoms with Crippen LogP contribution in [0.4, 0.5) is 0 Å². The third-order valence-electron chi connectivity index (χ3n) is 1.12. The average molecular weight is 163 g/mol. The molecule has 5 heteroatoms. The van der Waals surface area contributed by atoms with Crippen LogP contribution in [0.15, 0.2) is 11.8 Å². The summed E-state index contributed by atoms with van der Waals surface area (Å²) < 4.78 is 0. The highest BCUT2D eigenvalue weighted by Gasteiger charge is 2.16. The van der Waals surface area contributed by atoms with Crippen LogP contribution in [-0.4, -0.2) is 23.2 Å². The van der Waals surface area contributed by atoms with E-state index < -0.39 is 5.62 Å². The molecule has 0 aromatic rings. The first kappa shape index (κ1) is 7.37. The molecule has 3 N–H and O–H groups in total. The number of rotatable bonds is 1. The van der Waals surface area contributed by atoms with Gasteiger partial charge in [0.25, 0.3) is 5.91 Å². The third-order valence-corrected chi connectivity index (χ3v) is 1.36. The highest BCUT2D eigenvalue weighted by Crippen LogP contribution is 1.99. The van der Waals surface area contributed by atoms with E-state index in [-0.39, 0.29) is 18.1 Å². The molecule has 0 aromatic carbocycles. The van der Waals surface area contributed by atoms with Crippen molar-refractivity contribution in [3.8, 4) is 0 Å². The molecule has 0 aromatic heterocycles. The fourth-order valence-electron chi connectivity index (χ4n) is 0.606. The molecule has 0 radical (unpaired) electrons.